The predicted octanol–water partition coefficient (Wildman–Crippen LogP) is 2.71. The first-order valence-corrected chi connectivity index (χ1v) is 3.23. The lowest BCUT2D eigenvalue weighted by Crippen LogP contribution is -2.51. The van der Waals surface area contributed by atoms with E-state index < -0.39 is 30.9 Å². The van der Waals surface area contributed by atoms with Crippen molar-refractivity contribution in [1.29, 1.82) is 0 Å². The Morgan fingerprint density at radius 2 is 1.36 bits per heavy atom. The van der Waals surface area contributed by atoms with E-state index in [-0.39, 0.29) is 0 Å². The van der Waals surface area contributed by atoms with Gasteiger partial charge in [-0.1, -0.05) is 0 Å². The SMILES string of the molecule is O=[C]CCC(F)(F)C(F)(F)C(F)(F)F. The molecule has 83 valence electrons. The van der Waals surface area contributed by atoms with Crippen LogP contribution in [-0.4, -0.2) is 24.3 Å². The molecule has 0 rings (SSSR count). The molecule has 0 N–H and O–H groups in total. The van der Waals surface area contributed by atoms with Crippen molar-refractivity contribution < 1.29 is 35.5 Å². The van der Waals surface area contributed by atoms with Crippen LogP contribution in [0.5, 0.6) is 0 Å². The van der Waals surface area contributed by atoms with Gasteiger partial charge in [-0.05, 0) is 0 Å². The summed E-state index contributed by atoms with van der Waals surface area (Å²) in [5, 5.41) is 0. The van der Waals surface area contributed by atoms with Gasteiger partial charge >= 0.3 is 18.0 Å². The number of hydrogen-bond acceptors (Lipinski definition) is 1. The zero-order valence-corrected chi connectivity index (χ0v) is 6.47. The van der Waals surface area contributed by atoms with E-state index in [0.29, 0.717) is 0 Å². The molecule has 0 unspecified atom stereocenters. The van der Waals surface area contributed by atoms with Crippen LogP contribution in [0.3, 0.4) is 0 Å². The van der Waals surface area contributed by atoms with Crippen LogP contribution in [0.25, 0.3) is 0 Å². The molecule has 0 aromatic heterocycles. The van der Waals surface area contributed by atoms with Crippen molar-refractivity contribution in [2.75, 3.05) is 0 Å². The average molecular weight is 225 g/mol. The quantitative estimate of drug-likeness (QED) is 0.672. The second-order valence-electron chi connectivity index (χ2n) is 2.42. The predicted molar refractivity (Wildman–Crippen MR) is 30.9 cm³/mol. The zero-order chi connectivity index (χ0) is 11.6. The standard InChI is InChI=1S/C6H4F7O/c7-4(8,2-1-3-14)5(9,10)6(11,12)13/h1-2H2. The van der Waals surface area contributed by atoms with Gasteiger partial charge in [-0.25, -0.2) is 0 Å². The molecule has 0 amide bonds. The first-order valence-electron chi connectivity index (χ1n) is 3.23. The third kappa shape index (κ3) is 2.36. The average Bonchev–Trinajstić information content (AvgIpc) is 1.98. The highest BCUT2D eigenvalue weighted by atomic mass is 19.4. The molecule has 0 bridgehead atoms. The van der Waals surface area contributed by atoms with E-state index in [2.05, 4.69) is 0 Å². The van der Waals surface area contributed by atoms with Gasteiger partial charge < -0.3 is 0 Å². The molecule has 0 atom stereocenters. The highest BCUT2D eigenvalue weighted by molar-refractivity contribution is 5.50. The minimum atomic E-state index is -6.33. The smallest absolute Gasteiger partial charge is 0.291 e. The fourth-order valence-electron chi connectivity index (χ4n) is 0.572. The minimum absolute atomic E-state index is 0.817. The number of alkyl halides is 7. The van der Waals surface area contributed by atoms with Crippen molar-refractivity contribution >= 4 is 6.29 Å². The Balaban J connectivity index is 4.77. The van der Waals surface area contributed by atoms with E-state index in [0.717, 1.165) is 6.29 Å². The topological polar surface area (TPSA) is 17.1 Å². The van der Waals surface area contributed by atoms with Gasteiger partial charge in [-0.3, -0.25) is 4.79 Å². The first kappa shape index (κ1) is 13.2. The van der Waals surface area contributed by atoms with E-state index in [1.807, 2.05) is 0 Å². The number of rotatable bonds is 4. The molecule has 0 saturated carbocycles. The summed E-state index contributed by atoms with van der Waals surface area (Å²) in [5.41, 5.74) is 0. The minimum Gasteiger partial charge on any atom is -0.291 e. The Kier molecular flexibility index (Phi) is 3.52. The number of halogens is 7. The summed E-state index contributed by atoms with van der Waals surface area (Å²) in [5.74, 6) is -11.4. The monoisotopic (exact) mass is 225 g/mol. The molecule has 0 aliphatic rings. The summed E-state index contributed by atoms with van der Waals surface area (Å²) in [6.07, 6.45) is -8.59. The Hall–Kier alpha value is -0.820. The van der Waals surface area contributed by atoms with Crippen molar-refractivity contribution in [2.45, 2.75) is 30.9 Å². The molecule has 0 spiro atoms. The molecular formula is C6H4F7O. The maximum Gasteiger partial charge on any atom is 0.459 e. The van der Waals surface area contributed by atoms with E-state index in [1.165, 1.54) is 0 Å². The Morgan fingerprint density at radius 1 is 0.929 bits per heavy atom. The number of hydrogen-bond donors (Lipinski definition) is 0. The molecule has 8 heteroatoms. The van der Waals surface area contributed by atoms with Gasteiger partial charge in [0.15, 0.2) is 6.29 Å². The van der Waals surface area contributed by atoms with E-state index >= 15 is 0 Å². The normalized spacial score (nSPS) is 14.2. The zero-order valence-electron chi connectivity index (χ0n) is 6.47. The third-order valence-electron chi connectivity index (χ3n) is 1.36. The van der Waals surface area contributed by atoms with Crippen molar-refractivity contribution in [3.05, 3.63) is 0 Å². The largest absolute Gasteiger partial charge is 0.459 e. The van der Waals surface area contributed by atoms with E-state index in [1.54, 1.807) is 0 Å². The Morgan fingerprint density at radius 3 is 1.64 bits per heavy atom. The van der Waals surface area contributed by atoms with Crippen molar-refractivity contribution in [3.8, 4) is 0 Å². The summed E-state index contributed by atoms with van der Waals surface area (Å²) >= 11 is 0. The molecule has 0 aliphatic heterocycles. The van der Waals surface area contributed by atoms with Crippen molar-refractivity contribution in [1.82, 2.24) is 0 Å². The highest BCUT2D eigenvalue weighted by Crippen LogP contribution is 2.48. The van der Waals surface area contributed by atoms with Gasteiger partial charge in [0.2, 0.25) is 0 Å². The molecule has 0 fully saturated rings. The molecule has 0 saturated heterocycles. The summed E-state index contributed by atoms with van der Waals surface area (Å²) in [6.45, 7) is 0. The van der Waals surface area contributed by atoms with Gasteiger partial charge in [0.05, 0.1) is 0 Å². The fourth-order valence-corrected chi connectivity index (χ4v) is 0.572. The number of carbonyl (C=O) groups excluding carboxylic acids is 1. The fraction of sp³-hybridized carbons (Fsp3) is 0.833. The molecule has 0 heterocycles. The maximum absolute atomic E-state index is 12.2. The van der Waals surface area contributed by atoms with Crippen LogP contribution < -0.4 is 0 Å². The summed E-state index contributed by atoms with van der Waals surface area (Å²) < 4.78 is 82.8. The van der Waals surface area contributed by atoms with E-state index in [9.17, 15) is 35.5 Å². The van der Waals surface area contributed by atoms with Gasteiger partial charge in [0.25, 0.3) is 0 Å². The van der Waals surface area contributed by atoms with Crippen LogP contribution in [0.15, 0.2) is 0 Å². The molecule has 0 aromatic carbocycles. The Bertz CT molecular complexity index is 207. The van der Waals surface area contributed by atoms with Gasteiger partial charge in [0.1, 0.15) is 0 Å². The first-order chi connectivity index (χ1) is 6.06. The lowest BCUT2D eigenvalue weighted by molar-refractivity contribution is -0.355. The van der Waals surface area contributed by atoms with Crippen LogP contribution in [0.4, 0.5) is 30.7 Å². The van der Waals surface area contributed by atoms with Crippen LogP contribution in [0.2, 0.25) is 0 Å². The van der Waals surface area contributed by atoms with Gasteiger partial charge in [-0.15, -0.1) is 0 Å². The van der Waals surface area contributed by atoms with Gasteiger partial charge in [0, 0.05) is 12.8 Å². The molecule has 1 nitrogen and oxygen atoms in total. The summed E-state index contributed by atoms with van der Waals surface area (Å²) in [7, 11) is 0. The molecule has 14 heavy (non-hydrogen) atoms. The molecule has 1 radical (unpaired) electrons. The molecular weight excluding hydrogens is 221 g/mol. The summed E-state index contributed by atoms with van der Waals surface area (Å²) in [4.78, 5) is 9.44. The summed E-state index contributed by atoms with van der Waals surface area (Å²) in [6, 6.07) is 0. The van der Waals surface area contributed by atoms with Gasteiger partial charge in [-0.2, -0.15) is 30.7 Å². The molecule has 0 aliphatic carbocycles. The van der Waals surface area contributed by atoms with Crippen LogP contribution in [0.1, 0.15) is 12.8 Å². The maximum atomic E-state index is 12.2. The highest BCUT2D eigenvalue weighted by Gasteiger charge is 2.72. The second-order valence-corrected chi connectivity index (χ2v) is 2.42. The lowest BCUT2D eigenvalue weighted by Gasteiger charge is -2.27. The molecule has 0 aromatic rings. The lowest BCUT2D eigenvalue weighted by atomic mass is 10.1. The van der Waals surface area contributed by atoms with Crippen LogP contribution >= 0.6 is 0 Å². The third-order valence-corrected chi connectivity index (χ3v) is 1.36. The second kappa shape index (κ2) is 3.74. The Labute approximate surface area is 73.9 Å². The van der Waals surface area contributed by atoms with Crippen molar-refractivity contribution in [3.63, 3.8) is 0 Å². The van der Waals surface area contributed by atoms with Crippen LogP contribution in [-0.2, 0) is 4.79 Å². The van der Waals surface area contributed by atoms with Crippen molar-refractivity contribution in [2.24, 2.45) is 0 Å². The van der Waals surface area contributed by atoms with E-state index in [4.69, 9.17) is 0 Å². The van der Waals surface area contributed by atoms with Crippen LogP contribution in [0, 0.1) is 0 Å².